The zero-order valence-electron chi connectivity index (χ0n) is 11.6. The first kappa shape index (κ1) is 13.8. The minimum atomic E-state index is -0.514. The molecule has 0 unspecified atom stereocenters. The van der Waals surface area contributed by atoms with Gasteiger partial charge in [0.1, 0.15) is 5.82 Å². The Balaban J connectivity index is 1.61. The van der Waals surface area contributed by atoms with Gasteiger partial charge in [0.25, 0.3) is 5.91 Å². The fourth-order valence-electron chi connectivity index (χ4n) is 2.10. The van der Waals surface area contributed by atoms with Gasteiger partial charge in [-0.2, -0.15) is 0 Å². The van der Waals surface area contributed by atoms with Crippen LogP contribution in [0.1, 0.15) is 28.8 Å². The molecule has 1 saturated carbocycles. The first-order chi connectivity index (χ1) is 10.2. The predicted octanol–water partition coefficient (Wildman–Crippen LogP) is 3.33. The fraction of sp³-hybridized carbons (Fsp3) is 0.235. The number of anilines is 1. The molecule has 108 valence electrons. The van der Waals surface area contributed by atoms with E-state index in [2.05, 4.69) is 10.6 Å². The summed E-state index contributed by atoms with van der Waals surface area (Å²) in [6, 6.07) is 14.2. The minimum Gasteiger partial charge on any atom is -0.322 e. The van der Waals surface area contributed by atoms with Gasteiger partial charge in [-0.05, 0) is 42.7 Å². The lowest BCUT2D eigenvalue weighted by atomic mass is 10.1. The maximum absolute atomic E-state index is 13.5. The smallest absolute Gasteiger partial charge is 0.258 e. The number of benzene rings is 2. The number of nitrogens with one attached hydrogen (secondary N) is 2. The lowest BCUT2D eigenvalue weighted by molar-refractivity contribution is 0.102. The van der Waals surface area contributed by atoms with E-state index in [1.807, 2.05) is 24.3 Å². The summed E-state index contributed by atoms with van der Waals surface area (Å²) in [6.45, 7) is 0.839. The number of halogens is 1. The van der Waals surface area contributed by atoms with Gasteiger partial charge in [0.15, 0.2) is 0 Å². The van der Waals surface area contributed by atoms with Crippen molar-refractivity contribution in [2.75, 3.05) is 5.32 Å². The van der Waals surface area contributed by atoms with E-state index >= 15 is 0 Å². The van der Waals surface area contributed by atoms with Crippen LogP contribution in [0.3, 0.4) is 0 Å². The van der Waals surface area contributed by atoms with Gasteiger partial charge in [-0.3, -0.25) is 4.79 Å². The topological polar surface area (TPSA) is 41.1 Å². The van der Waals surface area contributed by atoms with Crippen molar-refractivity contribution in [2.24, 2.45) is 0 Å². The van der Waals surface area contributed by atoms with Crippen LogP contribution in [-0.2, 0) is 6.54 Å². The Morgan fingerprint density at radius 2 is 1.81 bits per heavy atom. The minimum absolute atomic E-state index is 0.0528. The maximum Gasteiger partial charge on any atom is 0.258 e. The summed E-state index contributed by atoms with van der Waals surface area (Å²) >= 11 is 0. The van der Waals surface area contributed by atoms with Crippen LogP contribution in [0.25, 0.3) is 0 Å². The monoisotopic (exact) mass is 284 g/mol. The fourth-order valence-corrected chi connectivity index (χ4v) is 2.10. The van der Waals surface area contributed by atoms with Gasteiger partial charge in [-0.15, -0.1) is 0 Å². The molecule has 4 heteroatoms. The first-order valence-corrected chi connectivity index (χ1v) is 7.10. The summed E-state index contributed by atoms with van der Waals surface area (Å²) in [5.74, 6) is -0.947. The third kappa shape index (κ3) is 3.67. The SMILES string of the molecule is O=C(Nc1ccc(CNC2CC2)cc1)c1ccccc1F. The molecule has 0 radical (unpaired) electrons. The first-order valence-electron chi connectivity index (χ1n) is 7.10. The van der Waals surface area contributed by atoms with Crippen molar-refractivity contribution in [1.29, 1.82) is 0 Å². The van der Waals surface area contributed by atoms with Crippen molar-refractivity contribution in [1.82, 2.24) is 5.32 Å². The number of hydrogen-bond donors (Lipinski definition) is 2. The largest absolute Gasteiger partial charge is 0.322 e. The number of hydrogen-bond acceptors (Lipinski definition) is 2. The number of carbonyl (C=O) groups excluding carboxylic acids is 1. The zero-order chi connectivity index (χ0) is 14.7. The van der Waals surface area contributed by atoms with Gasteiger partial charge in [-0.25, -0.2) is 4.39 Å². The summed E-state index contributed by atoms with van der Waals surface area (Å²) < 4.78 is 13.5. The Kier molecular flexibility index (Phi) is 3.97. The van der Waals surface area contributed by atoms with Crippen molar-refractivity contribution >= 4 is 11.6 Å². The molecule has 2 N–H and O–H groups in total. The molecule has 1 aliphatic rings. The second-order valence-electron chi connectivity index (χ2n) is 5.29. The van der Waals surface area contributed by atoms with Crippen molar-refractivity contribution in [3.63, 3.8) is 0 Å². The highest BCUT2D eigenvalue weighted by Gasteiger charge is 2.19. The van der Waals surface area contributed by atoms with Crippen LogP contribution in [0.2, 0.25) is 0 Å². The number of carbonyl (C=O) groups is 1. The third-order valence-electron chi connectivity index (χ3n) is 3.50. The summed E-state index contributed by atoms with van der Waals surface area (Å²) in [4.78, 5) is 12.0. The molecule has 3 rings (SSSR count). The molecule has 0 aliphatic heterocycles. The van der Waals surface area contributed by atoms with E-state index in [0.717, 1.165) is 6.54 Å². The molecule has 2 aromatic carbocycles. The quantitative estimate of drug-likeness (QED) is 0.884. The van der Waals surface area contributed by atoms with E-state index in [1.54, 1.807) is 12.1 Å². The van der Waals surface area contributed by atoms with Gasteiger partial charge in [0, 0.05) is 18.3 Å². The second kappa shape index (κ2) is 6.06. The molecule has 0 atom stereocenters. The van der Waals surface area contributed by atoms with Crippen LogP contribution < -0.4 is 10.6 Å². The molecule has 0 bridgehead atoms. The highest BCUT2D eigenvalue weighted by molar-refractivity contribution is 6.04. The lowest BCUT2D eigenvalue weighted by Gasteiger charge is -2.08. The van der Waals surface area contributed by atoms with Crippen LogP contribution in [0.4, 0.5) is 10.1 Å². The molecule has 1 amide bonds. The molecule has 3 nitrogen and oxygen atoms in total. The van der Waals surface area contributed by atoms with Crippen LogP contribution in [0.5, 0.6) is 0 Å². The molecule has 1 aliphatic carbocycles. The molecule has 0 spiro atoms. The molecule has 0 saturated heterocycles. The lowest BCUT2D eigenvalue weighted by Crippen LogP contribution is -2.15. The molecule has 1 fully saturated rings. The average Bonchev–Trinajstić information content (AvgIpc) is 3.31. The van der Waals surface area contributed by atoms with E-state index in [4.69, 9.17) is 0 Å². The zero-order valence-corrected chi connectivity index (χ0v) is 11.6. The van der Waals surface area contributed by atoms with E-state index in [-0.39, 0.29) is 5.56 Å². The summed E-state index contributed by atoms with van der Waals surface area (Å²) in [5.41, 5.74) is 1.89. The molecule has 21 heavy (non-hydrogen) atoms. The van der Waals surface area contributed by atoms with E-state index < -0.39 is 11.7 Å². The van der Waals surface area contributed by atoms with Crippen molar-refractivity contribution in [2.45, 2.75) is 25.4 Å². The van der Waals surface area contributed by atoms with Gasteiger partial charge in [-0.1, -0.05) is 24.3 Å². The molecule has 2 aromatic rings. The molecule has 0 aromatic heterocycles. The maximum atomic E-state index is 13.5. The Morgan fingerprint density at radius 1 is 1.10 bits per heavy atom. The Morgan fingerprint density at radius 3 is 2.48 bits per heavy atom. The predicted molar refractivity (Wildman–Crippen MR) is 80.7 cm³/mol. The highest BCUT2D eigenvalue weighted by atomic mass is 19.1. The van der Waals surface area contributed by atoms with Gasteiger partial charge < -0.3 is 10.6 Å². The summed E-state index contributed by atoms with van der Waals surface area (Å²) in [6.07, 6.45) is 2.52. The van der Waals surface area contributed by atoms with E-state index in [1.165, 1.54) is 30.5 Å². The van der Waals surface area contributed by atoms with Crippen LogP contribution in [0.15, 0.2) is 48.5 Å². The number of rotatable bonds is 5. The van der Waals surface area contributed by atoms with E-state index in [0.29, 0.717) is 11.7 Å². The van der Waals surface area contributed by atoms with Gasteiger partial charge in [0.2, 0.25) is 0 Å². The third-order valence-corrected chi connectivity index (χ3v) is 3.50. The van der Waals surface area contributed by atoms with Crippen molar-refractivity contribution in [3.05, 3.63) is 65.5 Å². The highest BCUT2D eigenvalue weighted by Crippen LogP contribution is 2.19. The summed E-state index contributed by atoms with van der Waals surface area (Å²) in [7, 11) is 0. The second-order valence-corrected chi connectivity index (χ2v) is 5.29. The standard InChI is InChI=1S/C17H17FN2O/c18-16-4-2-1-3-15(16)17(21)20-14-7-5-12(6-8-14)11-19-13-9-10-13/h1-8,13,19H,9-11H2,(H,20,21). The number of amides is 1. The van der Waals surface area contributed by atoms with E-state index in [9.17, 15) is 9.18 Å². The normalized spacial score (nSPS) is 14.0. The molecular formula is C17H17FN2O. The van der Waals surface area contributed by atoms with Crippen molar-refractivity contribution in [3.8, 4) is 0 Å². The van der Waals surface area contributed by atoms with Crippen LogP contribution in [0, 0.1) is 5.82 Å². The Labute approximate surface area is 123 Å². The van der Waals surface area contributed by atoms with Crippen LogP contribution in [-0.4, -0.2) is 11.9 Å². The van der Waals surface area contributed by atoms with Gasteiger partial charge in [0.05, 0.1) is 5.56 Å². The Bertz CT molecular complexity index is 635. The average molecular weight is 284 g/mol. The molecule has 0 heterocycles. The van der Waals surface area contributed by atoms with Gasteiger partial charge >= 0.3 is 0 Å². The summed E-state index contributed by atoms with van der Waals surface area (Å²) in [5, 5.41) is 6.13. The molecular weight excluding hydrogens is 267 g/mol. The van der Waals surface area contributed by atoms with Crippen molar-refractivity contribution < 1.29 is 9.18 Å². The van der Waals surface area contributed by atoms with Crippen LogP contribution >= 0.6 is 0 Å². The Hall–Kier alpha value is -2.20.